The van der Waals surface area contributed by atoms with Gasteiger partial charge >= 0.3 is 5.97 Å². The van der Waals surface area contributed by atoms with E-state index in [-0.39, 0.29) is 12.5 Å². The van der Waals surface area contributed by atoms with Crippen LogP contribution in [0.4, 0.5) is 0 Å². The quantitative estimate of drug-likeness (QED) is 0.935. The largest absolute Gasteiger partial charge is 0.481 e. The SMILES string of the molecule is CC1(C(=O)O)CCN(C(=O)c2csc(Cc3ccccc3)n2)C1. The number of carboxylic acid groups (broad SMARTS) is 1. The number of thiazole rings is 1. The fraction of sp³-hybridized carbons (Fsp3) is 0.353. The van der Waals surface area contributed by atoms with Gasteiger partial charge in [-0.05, 0) is 18.9 Å². The fourth-order valence-electron chi connectivity index (χ4n) is 2.73. The minimum absolute atomic E-state index is 0.175. The molecule has 1 aliphatic heterocycles. The normalized spacial score (nSPS) is 20.7. The maximum Gasteiger partial charge on any atom is 0.311 e. The lowest BCUT2D eigenvalue weighted by molar-refractivity contribution is -0.147. The third kappa shape index (κ3) is 3.27. The van der Waals surface area contributed by atoms with Gasteiger partial charge < -0.3 is 10.0 Å². The van der Waals surface area contributed by atoms with Crippen LogP contribution in [0.1, 0.15) is 34.4 Å². The second-order valence-corrected chi connectivity index (χ2v) is 7.07. The molecule has 1 aromatic carbocycles. The first-order valence-corrected chi connectivity index (χ1v) is 8.37. The van der Waals surface area contributed by atoms with Crippen LogP contribution in [-0.2, 0) is 11.2 Å². The van der Waals surface area contributed by atoms with Crippen LogP contribution in [0.15, 0.2) is 35.7 Å². The number of aromatic nitrogens is 1. The fourth-order valence-corrected chi connectivity index (χ4v) is 3.53. The molecule has 120 valence electrons. The Kier molecular flexibility index (Phi) is 4.17. The van der Waals surface area contributed by atoms with E-state index in [1.807, 2.05) is 30.3 Å². The number of carbonyl (C=O) groups is 2. The number of carboxylic acids is 1. The van der Waals surface area contributed by atoms with Gasteiger partial charge in [0, 0.05) is 24.9 Å². The Bertz CT molecular complexity index is 728. The zero-order valence-corrected chi connectivity index (χ0v) is 13.7. The maximum absolute atomic E-state index is 12.5. The zero-order chi connectivity index (χ0) is 16.4. The lowest BCUT2D eigenvalue weighted by Gasteiger charge is -2.19. The number of benzene rings is 1. The van der Waals surface area contributed by atoms with Crippen molar-refractivity contribution < 1.29 is 14.7 Å². The highest BCUT2D eigenvalue weighted by molar-refractivity contribution is 7.09. The van der Waals surface area contributed by atoms with Crippen LogP contribution in [0, 0.1) is 5.41 Å². The molecule has 1 saturated heterocycles. The van der Waals surface area contributed by atoms with Crippen LogP contribution in [0.3, 0.4) is 0 Å². The second-order valence-electron chi connectivity index (χ2n) is 6.13. The molecular formula is C17H18N2O3S. The molecular weight excluding hydrogens is 312 g/mol. The minimum atomic E-state index is -0.851. The van der Waals surface area contributed by atoms with Crippen molar-refractivity contribution in [2.24, 2.45) is 5.41 Å². The van der Waals surface area contributed by atoms with Gasteiger partial charge in [0.05, 0.1) is 10.4 Å². The highest BCUT2D eigenvalue weighted by Gasteiger charge is 2.42. The van der Waals surface area contributed by atoms with E-state index >= 15 is 0 Å². The highest BCUT2D eigenvalue weighted by atomic mass is 32.1. The van der Waals surface area contributed by atoms with Gasteiger partial charge in [0.1, 0.15) is 5.69 Å². The highest BCUT2D eigenvalue weighted by Crippen LogP contribution is 2.31. The molecule has 5 nitrogen and oxygen atoms in total. The molecule has 0 aliphatic carbocycles. The molecule has 0 saturated carbocycles. The first-order chi connectivity index (χ1) is 11.0. The minimum Gasteiger partial charge on any atom is -0.481 e. The number of hydrogen-bond acceptors (Lipinski definition) is 4. The predicted octanol–water partition coefficient (Wildman–Crippen LogP) is 2.67. The van der Waals surface area contributed by atoms with Crippen LogP contribution in [0.2, 0.25) is 0 Å². The number of likely N-dealkylation sites (tertiary alicyclic amines) is 1. The monoisotopic (exact) mass is 330 g/mol. The molecule has 2 heterocycles. The number of amides is 1. The van der Waals surface area contributed by atoms with Gasteiger partial charge in [-0.1, -0.05) is 30.3 Å². The van der Waals surface area contributed by atoms with Gasteiger partial charge in [-0.2, -0.15) is 0 Å². The molecule has 23 heavy (non-hydrogen) atoms. The van der Waals surface area contributed by atoms with Crippen LogP contribution in [0.25, 0.3) is 0 Å². The Balaban J connectivity index is 1.69. The third-order valence-corrected chi connectivity index (χ3v) is 5.09. The Morgan fingerprint density at radius 1 is 1.35 bits per heavy atom. The Morgan fingerprint density at radius 3 is 2.74 bits per heavy atom. The molecule has 1 unspecified atom stereocenters. The summed E-state index contributed by atoms with van der Waals surface area (Å²) in [6, 6.07) is 9.98. The van der Waals surface area contributed by atoms with Gasteiger partial charge in [0.15, 0.2) is 0 Å². The van der Waals surface area contributed by atoms with Crippen molar-refractivity contribution in [3.05, 3.63) is 52.0 Å². The first-order valence-electron chi connectivity index (χ1n) is 7.49. The lowest BCUT2D eigenvalue weighted by Crippen LogP contribution is -2.35. The Morgan fingerprint density at radius 2 is 2.09 bits per heavy atom. The van der Waals surface area contributed by atoms with Crippen molar-refractivity contribution in [3.63, 3.8) is 0 Å². The van der Waals surface area contributed by atoms with E-state index in [2.05, 4.69) is 4.98 Å². The summed E-state index contributed by atoms with van der Waals surface area (Å²) in [7, 11) is 0. The zero-order valence-electron chi connectivity index (χ0n) is 12.9. The van der Waals surface area contributed by atoms with Crippen molar-refractivity contribution in [2.75, 3.05) is 13.1 Å². The van der Waals surface area contributed by atoms with Crippen LogP contribution in [0.5, 0.6) is 0 Å². The van der Waals surface area contributed by atoms with Crippen molar-refractivity contribution in [1.82, 2.24) is 9.88 Å². The average Bonchev–Trinajstić information content (AvgIpc) is 3.15. The number of hydrogen-bond donors (Lipinski definition) is 1. The topological polar surface area (TPSA) is 70.5 Å². The maximum atomic E-state index is 12.5. The smallest absolute Gasteiger partial charge is 0.311 e. The molecule has 1 aromatic heterocycles. The number of aliphatic carboxylic acids is 1. The number of nitrogens with zero attached hydrogens (tertiary/aromatic N) is 2. The summed E-state index contributed by atoms with van der Waals surface area (Å²) in [5.74, 6) is -1.03. The van der Waals surface area contributed by atoms with E-state index in [0.717, 1.165) is 10.6 Å². The molecule has 2 aromatic rings. The molecule has 0 radical (unpaired) electrons. The first kappa shape index (κ1) is 15.7. The number of carbonyl (C=O) groups excluding carboxylic acids is 1. The summed E-state index contributed by atoms with van der Waals surface area (Å²) in [6.07, 6.45) is 1.18. The van der Waals surface area contributed by atoms with E-state index in [1.54, 1.807) is 17.2 Å². The van der Waals surface area contributed by atoms with E-state index in [9.17, 15) is 14.7 Å². The van der Waals surface area contributed by atoms with Gasteiger partial charge in [-0.15, -0.1) is 11.3 Å². The molecule has 1 fully saturated rings. The van der Waals surface area contributed by atoms with Crippen LogP contribution >= 0.6 is 11.3 Å². The molecule has 0 spiro atoms. The summed E-state index contributed by atoms with van der Waals surface area (Å²) in [5.41, 5.74) is 0.717. The standard InChI is InChI=1S/C17H18N2O3S/c1-17(16(21)22)7-8-19(11-17)15(20)13-10-23-14(18-13)9-12-5-3-2-4-6-12/h2-6,10H,7-9,11H2,1H3,(H,21,22). The lowest BCUT2D eigenvalue weighted by atomic mass is 9.90. The van der Waals surface area contributed by atoms with E-state index in [0.29, 0.717) is 25.1 Å². The van der Waals surface area contributed by atoms with Gasteiger partial charge in [0.2, 0.25) is 0 Å². The van der Waals surface area contributed by atoms with Crippen molar-refractivity contribution in [3.8, 4) is 0 Å². The summed E-state index contributed by atoms with van der Waals surface area (Å²) < 4.78 is 0. The van der Waals surface area contributed by atoms with Crippen molar-refractivity contribution in [2.45, 2.75) is 19.8 Å². The molecule has 1 amide bonds. The van der Waals surface area contributed by atoms with E-state index in [1.165, 1.54) is 11.3 Å². The predicted molar refractivity (Wildman–Crippen MR) is 87.6 cm³/mol. The van der Waals surface area contributed by atoms with E-state index in [4.69, 9.17) is 0 Å². The molecule has 1 aliphatic rings. The van der Waals surface area contributed by atoms with Crippen LogP contribution in [-0.4, -0.2) is 40.0 Å². The summed E-state index contributed by atoms with van der Waals surface area (Å²) in [6.45, 7) is 2.39. The van der Waals surface area contributed by atoms with Gasteiger partial charge in [0.25, 0.3) is 5.91 Å². The average molecular weight is 330 g/mol. The van der Waals surface area contributed by atoms with Crippen LogP contribution < -0.4 is 0 Å². The summed E-state index contributed by atoms with van der Waals surface area (Å²) in [4.78, 5) is 29.8. The van der Waals surface area contributed by atoms with E-state index < -0.39 is 11.4 Å². The second kappa shape index (κ2) is 6.12. The Labute approximate surface area is 138 Å². The summed E-state index contributed by atoms with van der Waals surface area (Å²) in [5, 5.41) is 11.9. The molecule has 3 rings (SSSR count). The molecule has 1 N–H and O–H groups in total. The molecule has 6 heteroatoms. The molecule has 0 bridgehead atoms. The summed E-state index contributed by atoms with van der Waals surface area (Å²) >= 11 is 1.46. The molecule has 1 atom stereocenters. The van der Waals surface area contributed by atoms with Crippen molar-refractivity contribution in [1.29, 1.82) is 0 Å². The van der Waals surface area contributed by atoms with Gasteiger partial charge in [-0.3, -0.25) is 9.59 Å². The number of rotatable bonds is 4. The van der Waals surface area contributed by atoms with Crippen molar-refractivity contribution >= 4 is 23.2 Å². The van der Waals surface area contributed by atoms with Gasteiger partial charge in [-0.25, -0.2) is 4.98 Å². The third-order valence-electron chi connectivity index (χ3n) is 4.25. The Hall–Kier alpha value is -2.21.